The molecule has 0 saturated heterocycles. The second-order valence-electron chi connectivity index (χ2n) is 13.0. The monoisotopic (exact) mass is 733 g/mol. The van der Waals surface area contributed by atoms with Crippen molar-refractivity contribution < 1.29 is 50.8 Å². The molecule has 0 unspecified atom stereocenters. The van der Waals surface area contributed by atoms with Crippen LogP contribution in [0.4, 0.5) is 23.2 Å². The summed E-state index contributed by atoms with van der Waals surface area (Å²) in [4.78, 5) is 27.4. The van der Waals surface area contributed by atoms with E-state index in [9.17, 15) is 22.8 Å². The van der Waals surface area contributed by atoms with E-state index in [1.807, 2.05) is 37.3 Å². The highest BCUT2D eigenvalue weighted by atomic mass is 35.5. The quantitative estimate of drug-likeness (QED) is 0.0991. The fourth-order valence-electron chi connectivity index (χ4n) is 7.31. The van der Waals surface area contributed by atoms with Gasteiger partial charge in [0, 0.05) is 29.8 Å². The third-order valence-corrected chi connectivity index (χ3v) is 9.97. The van der Waals surface area contributed by atoms with Gasteiger partial charge in [0.05, 0.1) is 20.8 Å². The summed E-state index contributed by atoms with van der Waals surface area (Å²) in [6.45, 7) is 2.58. The van der Waals surface area contributed by atoms with Gasteiger partial charge in [-0.2, -0.15) is 13.2 Å². The van der Waals surface area contributed by atoms with Crippen LogP contribution in [0.1, 0.15) is 55.7 Å². The van der Waals surface area contributed by atoms with Crippen LogP contribution in [-0.4, -0.2) is 58.3 Å². The molecule has 0 aromatic heterocycles. The standard InChI is InChI=1S/C38H40ClF4NO7/c1-24(21-50-22-25-8-10-30(48-3)11-9-25)16-27-17-26-18-32(40)33(51-23-47-2)20-31(26)36(27)12-14-37(15-13-36,35(46)49-4)44(34(45)38(41,42)43)29-7-5-6-28(39)19-29/h5-11,17-20,24H,12-16,21-23H2,1-4H3/t24-,36?,37?/m1/s1. The maximum atomic E-state index is 15.2. The number of hydrogen-bond donors (Lipinski definition) is 0. The summed E-state index contributed by atoms with van der Waals surface area (Å²) >= 11 is 6.17. The minimum Gasteiger partial charge on any atom is -0.497 e. The fraction of sp³-hybridized carbons (Fsp3) is 0.421. The Kier molecular flexibility index (Phi) is 11.7. The number of alkyl halides is 3. The van der Waals surface area contributed by atoms with Gasteiger partial charge < -0.3 is 23.7 Å². The summed E-state index contributed by atoms with van der Waals surface area (Å²) in [7, 11) is 4.08. The number of halogens is 5. The SMILES string of the molecule is COCOc1cc2c(cc1F)C=C(C[C@@H](C)COCc1ccc(OC)cc1)C21CCC(C(=O)OC)(N(C(=O)C(F)(F)F)c2cccc(Cl)c2)CC1. The van der Waals surface area contributed by atoms with E-state index in [1.54, 1.807) is 13.2 Å². The Morgan fingerprint density at radius 2 is 1.69 bits per heavy atom. The van der Waals surface area contributed by atoms with E-state index < -0.39 is 34.8 Å². The Morgan fingerprint density at radius 1 is 0.980 bits per heavy atom. The Bertz CT molecular complexity index is 1750. The van der Waals surface area contributed by atoms with Crippen molar-refractivity contribution in [3.05, 3.63) is 93.8 Å². The first-order chi connectivity index (χ1) is 24.3. The molecule has 1 fully saturated rings. The van der Waals surface area contributed by atoms with Crippen LogP contribution in [0.5, 0.6) is 11.5 Å². The average Bonchev–Trinajstić information content (AvgIpc) is 3.38. The molecule has 3 aromatic rings. The van der Waals surface area contributed by atoms with Crippen LogP contribution in [0, 0.1) is 11.7 Å². The van der Waals surface area contributed by atoms with Crippen molar-refractivity contribution in [1.29, 1.82) is 0 Å². The van der Waals surface area contributed by atoms with E-state index in [0.717, 1.165) is 24.0 Å². The number of ether oxygens (including phenoxy) is 5. The molecule has 5 rings (SSSR count). The van der Waals surface area contributed by atoms with Crippen LogP contribution >= 0.6 is 11.6 Å². The smallest absolute Gasteiger partial charge is 0.471 e. The molecular formula is C38H40ClF4NO7. The zero-order valence-electron chi connectivity index (χ0n) is 28.8. The third-order valence-electron chi connectivity index (χ3n) is 9.73. The van der Waals surface area contributed by atoms with Crippen LogP contribution in [0.25, 0.3) is 6.08 Å². The first kappa shape index (κ1) is 38.1. The Morgan fingerprint density at radius 3 is 2.29 bits per heavy atom. The van der Waals surface area contributed by atoms with Gasteiger partial charge in [-0.3, -0.25) is 9.69 Å². The molecule has 2 aliphatic rings. The van der Waals surface area contributed by atoms with Gasteiger partial charge in [-0.1, -0.05) is 48.4 Å². The number of allylic oxidation sites excluding steroid dienone is 1. The number of anilines is 1. The van der Waals surface area contributed by atoms with Crippen molar-refractivity contribution >= 4 is 35.2 Å². The van der Waals surface area contributed by atoms with Gasteiger partial charge >= 0.3 is 18.1 Å². The van der Waals surface area contributed by atoms with E-state index in [4.69, 9.17) is 35.3 Å². The summed E-state index contributed by atoms with van der Waals surface area (Å²) in [5, 5.41) is 0.0866. The molecule has 51 heavy (non-hydrogen) atoms. The van der Waals surface area contributed by atoms with E-state index in [2.05, 4.69) is 0 Å². The maximum Gasteiger partial charge on any atom is 0.471 e. The summed E-state index contributed by atoms with van der Waals surface area (Å²) < 4.78 is 84.9. The number of hydrogen-bond acceptors (Lipinski definition) is 7. The van der Waals surface area contributed by atoms with Crippen LogP contribution in [0.2, 0.25) is 5.02 Å². The molecule has 1 saturated carbocycles. The fourth-order valence-corrected chi connectivity index (χ4v) is 7.50. The highest BCUT2D eigenvalue weighted by Gasteiger charge is 2.59. The molecule has 0 radical (unpaired) electrons. The molecule has 2 aliphatic carbocycles. The normalized spacial score (nSPS) is 20.4. The Balaban J connectivity index is 1.49. The second kappa shape index (κ2) is 15.6. The molecule has 3 aromatic carbocycles. The largest absolute Gasteiger partial charge is 0.497 e. The minimum absolute atomic E-state index is 0.0169. The zero-order valence-corrected chi connectivity index (χ0v) is 29.5. The van der Waals surface area contributed by atoms with E-state index in [1.165, 1.54) is 37.4 Å². The van der Waals surface area contributed by atoms with Crippen molar-refractivity contribution in [2.24, 2.45) is 5.92 Å². The van der Waals surface area contributed by atoms with Gasteiger partial charge in [0.15, 0.2) is 18.4 Å². The third kappa shape index (κ3) is 7.88. The molecule has 8 nitrogen and oxygen atoms in total. The Hall–Kier alpha value is -4.13. The van der Waals surface area contributed by atoms with Gasteiger partial charge in [-0.05, 0) is 97.2 Å². The molecular weight excluding hydrogens is 694 g/mol. The topological polar surface area (TPSA) is 83.5 Å². The molecule has 274 valence electrons. The van der Waals surface area contributed by atoms with Gasteiger partial charge in [0.2, 0.25) is 0 Å². The molecule has 0 N–H and O–H groups in total. The average molecular weight is 734 g/mol. The number of rotatable bonds is 13. The first-order valence-corrected chi connectivity index (χ1v) is 16.8. The number of carbonyl (C=O) groups excluding carboxylic acids is 2. The molecule has 0 aliphatic heterocycles. The molecule has 1 atom stereocenters. The van der Waals surface area contributed by atoms with Crippen LogP contribution in [0.15, 0.2) is 66.2 Å². The molecule has 1 amide bonds. The lowest BCUT2D eigenvalue weighted by molar-refractivity contribution is -0.174. The second-order valence-corrected chi connectivity index (χ2v) is 13.4. The number of amides is 1. The van der Waals surface area contributed by atoms with Crippen LogP contribution in [0.3, 0.4) is 0 Å². The van der Waals surface area contributed by atoms with Gasteiger partial charge in [-0.15, -0.1) is 0 Å². The van der Waals surface area contributed by atoms with E-state index in [-0.39, 0.29) is 54.9 Å². The number of benzene rings is 3. The zero-order chi connectivity index (χ0) is 37.0. The summed E-state index contributed by atoms with van der Waals surface area (Å²) in [6, 6.07) is 15.9. The lowest BCUT2D eigenvalue weighted by Crippen LogP contribution is -2.63. The van der Waals surface area contributed by atoms with Gasteiger partial charge in [0.1, 0.15) is 11.3 Å². The number of nitrogens with zero attached hydrogens (tertiary/aromatic N) is 1. The molecule has 1 spiro atoms. The number of esters is 1. The lowest BCUT2D eigenvalue weighted by atomic mass is 9.60. The highest BCUT2D eigenvalue weighted by molar-refractivity contribution is 6.31. The van der Waals surface area contributed by atoms with Crippen molar-refractivity contribution in [3.63, 3.8) is 0 Å². The lowest BCUT2D eigenvalue weighted by Gasteiger charge is -2.50. The predicted molar refractivity (Wildman–Crippen MR) is 183 cm³/mol. The van der Waals surface area contributed by atoms with Crippen molar-refractivity contribution in [2.75, 3.05) is 39.6 Å². The van der Waals surface area contributed by atoms with Crippen molar-refractivity contribution in [1.82, 2.24) is 0 Å². The van der Waals surface area contributed by atoms with E-state index in [0.29, 0.717) is 35.7 Å². The first-order valence-electron chi connectivity index (χ1n) is 16.4. The molecule has 13 heteroatoms. The predicted octanol–water partition coefficient (Wildman–Crippen LogP) is 8.43. The number of methoxy groups -OCH3 is 3. The Labute approximate surface area is 299 Å². The van der Waals surface area contributed by atoms with E-state index >= 15 is 4.39 Å². The molecule has 0 heterocycles. The van der Waals surface area contributed by atoms with Crippen molar-refractivity contribution in [2.45, 2.75) is 62.8 Å². The number of carbonyl (C=O) groups is 2. The summed E-state index contributed by atoms with van der Waals surface area (Å²) in [5.74, 6) is -3.12. The van der Waals surface area contributed by atoms with Gasteiger partial charge in [0.25, 0.3) is 0 Å². The van der Waals surface area contributed by atoms with Crippen LogP contribution < -0.4 is 14.4 Å². The number of fused-ring (bicyclic) bond motifs is 2. The van der Waals surface area contributed by atoms with Crippen LogP contribution in [-0.2, 0) is 35.8 Å². The highest BCUT2D eigenvalue weighted by Crippen LogP contribution is 2.57. The minimum atomic E-state index is -5.31. The maximum absolute atomic E-state index is 15.2. The molecule has 0 bridgehead atoms. The summed E-state index contributed by atoms with van der Waals surface area (Å²) in [5.41, 5.74) is 0.166. The van der Waals surface area contributed by atoms with Gasteiger partial charge in [-0.25, -0.2) is 9.18 Å². The van der Waals surface area contributed by atoms with Crippen molar-refractivity contribution in [3.8, 4) is 11.5 Å². The summed E-state index contributed by atoms with van der Waals surface area (Å²) in [6.07, 6.45) is -3.01.